The van der Waals surface area contributed by atoms with E-state index in [9.17, 15) is 0 Å². The highest BCUT2D eigenvalue weighted by molar-refractivity contribution is 14.0. The molecule has 0 saturated carbocycles. The van der Waals surface area contributed by atoms with Crippen molar-refractivity contribution in [2.24, 2.45) is 4.99 Å². The number of aliphatic imine (C=N–C) groups is 1. The summed E-state index contributed by atoms with van der Waals surface area (Å²) in [6, 6.07) is 10.7. The third kappa shape index (κ3) is 6.16. The van der Waals surface area contributed by atoms with Crippen LogP contribution < -0.4 is 10.2 Å². The lowest BCUT2D eigenvalue weighted by atomic mass is 10.1. The molecule has 1 saturated heterocycles. The summed E-state index contributed by atoms with van der Waals surface area (Å²) in [5.41, 5.74) is 2.80. The summed E-state index contributed by atoms with van der Waals surface area (Å²) in [5, 5.41) is 3.46. The highest BCUT2D eigenvalue weighted by atomic mass is 127. The van der Waals surface area contributed by atoms with Crippen LogP contribution in [0.5, 0.6) is 0 Å². The second kappa shape index (κ2) is 11.4. The molecule has 1 aromatic carbocycles. The van der Waals surface area contributed by atoms with Crippen LogP contribution in [0.4, 0.5) is 5.69 Å². The average molecular weight is 470 g/mol. The Labute approximate surface area is 174 Å². The number of nitrogens with zero attached hydrogens (tertiary/aromatic N) is 3. The Hall–Kier alpha value is -1.28. The van der Waals surface area contributed by atoms with Crippen LogP contribution in [-0.2, 0) is 4.74 Å². The summed E-state index contributed by atoms with van der Waals surface area (Å²) >= 11 is 0. The van der Waals surface area contributed by atoms with Crippen molar-refractivity contribution in [3.8, 4) is 0 Å². The molecular weight excluding hydrogens is 439 g/mol. The molecule has 5 nitrogen and oxygen atoms in total. The van der Waals surface area contributed by atoms with Crippen LogP contribution in [0.1, 0.15) is 19.8 Å². The first-order valence-electron chi connectivity index (χ1n) is 9.45. The Morgan fingerprint density at radius 1 is 1.15 bits per heavy atom. The Morgan fingerprint density at radius 3 is 2.58 bits per heavy atom. The molecule has 0 bridgehead atoms. The number of hydrogen-bond acceptors (Lipinski definition) is 3. The first-order valence-corrected chi connectivity index (χ1v) is 9.45. The molecule has 1 N–H and O–H groups in total. The smallest absolute Gasteiger partial charge is 0.194 e. The number of hydrogen-bond donors (Lipinski definition) is 1. The number of anilines is 1. The zero-order valence-corrected chi connectivity index (χ0v) is 18.0. The number of ether oxygens (including phenoxy) is 1. The van der Waals surface area contributed by atoms with Crippen molar-refractivity contribution < 1.29 is 4.74 Å². The molecule has 0 aliphatic carbocycles. The molecule has 0 spiro atoms. The second-order valence-corrected chi connectivity index (χ2v) is 6.48. The third-order valence-electron chi connectivity index (χ3n) is 4.79. The van der Waals surface area contributed by atoms with Gasteiger partial charge in [-0.25, -0.2) is 0 Å². The molecule has 3 rings (SSSR count). The van der Waals surface area contributed by atoms with E-state index in [0.29, 0.717) is 0 Å². The first-order chi connectivity index (χ1) is 12.4. The maximum absolute atomic E-state index is 5.37. The lowest BCUT2D eigenvalue weighted by molar-refractivity contribution is 0.153. The molecule has 144 valence electrons. The number of rotatable bonds is 5. The fourth-order valence-corrected chi connectivity index (χ4v) is 3.34. The number of benzene rings is 1. The summed E-state index contributed by atoms with van der Waals surface area (Å²) in [4.78, 5) is 9.70. The van der Waals surface area contributed by atoms with Crippen molar-refractivity contribution in [1.82, 2.24) is 10.2 Å². The average Bonchev–Trinajstić information content (AvgIpc) is 2.69. The van der Waals surface area contributed by atoms with Crippen molar-refractivity contribution in [2.45, 2.75) is 19.8 Å². The summed E-state index contributed by atoms with van der Waals surface area (Å²) in [5.74, 6) is 1.06. The van der Waals surface area contributed by atoms with E-state index in [2.05, 4.69) is 58.4 Å². The monoisotopic (exact) mass is 470 g/mol. The molecule has 2 aliphatic heterocycles. The van der Waals surface area contributed by atoms with E-state index in [0.717, 1.165) is 71.3 Å². The fourth-order valence-electron chi connectivity index (χ4n) is 3.34. The molecule has 6 heteroatoms. The van der Waals surface area contributed by atoms with E-state index in [1.165, 1.54) is 11.3 Å². The Balaban J connectivity index is 0.00000243. The van der Waals surface area contributed by atoms with Gasteiger partial charge in [-0.3, -0.25) is 4.99 Å². The predicted molar refractivity (Wildman–Crippen MR) is 120 cm³/mol. The standard InChI is InChI=1S/C20H30N4O.HI/c1-2-21-20(22-11-8-18-9-16-25-17-10-18)24-14-12-23(13-15-24)19-6-4-3-5-7-19;/h3-7,9H,2,8,10-17H2,1H3,(H,21,22);1H. The van der Waals surface area contributed by atoms with Crippen molar-refractivity contribution >= 4 is 35.6 Å². The van der Waals surface area contributed by atoms with Gasteiger partial charge in [0, 0.05) is 45.0 Å². The summed E-state index contributed by atoms with van der Waals surface area (Å²) in [6.45, 7) is 9.62. The second-order valence-electron chi connectivity index (χ2n) is 6.48. The van der Waals surface area contributed by atoms with Crippen molar-refractivity contribution in [3.63, 3.8) is 0 Å². The highest BCUT2D eigenvalue weighted by Gasteiger charge is 2.19. The third-order valence-corrected chi connectivity index (χ3v) is 4.79. The highest BCUT2D eigenvalue weighted by Crippen LogP contribution is 2.16. The molecule has 1 fully saturated rings. The van der Waals surface area contributed by atoms with Crippen molar-refractivity contribution in [1.29, 1.82) is 0 Å². The van der Waals surface area contributed by atoms with E-state index in [4.69, 9.17) is 9.73 Å². The molecule has 2 aliphatic rings. The molecule has 0 amide bonds. The van der Waals surface area contributed by atoms with Crippen LogP contribution in [0.3, 0.4) is 0 Å². The molecule has 2 heterocycles. The van der Waals surface area contributed by atoms with Crippen LogP contribution in [0, 0.1) is 0 Å². The van der Waals surface area contributed by atoms with E-state index >= 15 is 0 Å². The first kappa shape index (κ1) is 21.0. The SMILES string of the molecule is CCNC(=NCCC1=CCOCC1)N1CCN(c2ccccc2)CC1.I. The van der Waals surface area contributed by atoms with Gasteiger partial charge >= 0.3 is 0 Å². The van der Waals surface area contributed by atoms with E-state index in [1.807, 2.05) is 0 Å². The number of para-hydroxylation sites is 1. The molecule has 0 aromatic heterocycles. The van der Waals surface area contributed by atoms with Crippen LogP contribution in [0.2, 0.25) is 0 Å². The van der Waals surface area contributed by atoms with Crippen molar-refractivity contribution in [2.75, 3.05) is 57.4 Å². The van der Waals surface area contributed by atoms with Gasteiger partial charge in [-0.1, -0.05) is 29.8 Å². The molecule has 0 radical (unpaired) electrons. The van der Waals surface area contributed by atoms with Crippen molar-refractivity contribution in [3.05, 3.63) is 42.0 Å². The van der Waals surface area contributed by atoms with Crippen LogP contribution >= 0.6 is 24.0 Å². The van der Waals surface area contributed by atoms with Gasteiger partial charge in [0.05, 0.1) is 13.2 Å². The molecular formula is C20H31IN4O. The van der Waals surface area contributed by atoms with Gasteiger partial charge in [0.1, 0.15) is 0 Å². The maximum Gasteiger partial charge on any atom is 0.194 e. The fraction of sp³-hybridized carbons (Fsp3) is 0.550. The Morgan fingerprint density at radius 2 is 1.92 bits per heavy atom. The Bertz CT molecular complexity index is 583. The lowest BCUT2D eigenvalue weighted by Gasteiger charge is -2.37. The van der Waals surface area contributed by atoms with Gasteiger partial charge in [0.25, 0.3) is 0 Å². The van der Waals surface area contributed by atoms with Gasteiger partial charge in [-0.2, -0.15) is 0 Å². The zero-order valence-electron chi connectivity index (χ0n) is 15.7. The van der Waals surface area contributed by atoms with Gasteiger partial charge in [0.15, 0.2) is 5.96 Å². The molecule has 0 unspecified atom stereocenters. The lowest BCUT2D eigenvalue weighted by Crippen LogP contribution is -2.52. The van der Waals surface area contributed by atoms with Gasteiger partial charge in [0.2, 0.25) is 0 Å². The van der Waals surface area contributed by atoms with Gasteiger partial charge in [-0.05, 0) is 31.9 Å². The number of piperazine rings is 1. The minimum absolute atomic E-state index is 0. The number of halogens is 1. The molecule has 1 aromatic rings. The normalized spacial score (nSPS) is 18.2. The summed E-state index contributed by atoms with van der Waals surface area (Å²) in [6.07, 6.45) is 4.31. The quantitative estimate of drug-likeness (QED) is 0.311. The number of guanidine groups is 1. The van der Waals surface area contributed by atoms with Gasteiger partial charge < -0.3 is 19.9 Å². The van der Waals surface area contributed by atoms with Crippen LogP contribution in [0.15, 0.2) is 47.0 Å². The molecule has 0 atom stereocenters. The summed E-state index contributed by atoms with van der Waals surface area (Å²) < 4.78 is 5.37. The predicted octanol–water partition coefficient (Wildman–Crippen LogP) is 3.13. The van der Waals surface area contributed by atoms with E-state index < -0.39 is 0 Å². The Kier molecular flexibility index (Phi) is 9.25. The minimum atomic E-state index is 0. The molecule has 26 heavy (non-hydrogen) atoms. The van der Waals surface area contributed by atoms with Gasteiger partial charge in [-0.15, -0.1) is 24.0 Å². The minimum Gasteiger partial charge on any atom is -0.377 e. The summed E-state index contributed by atoms with van der Waals surface area (Å²) in [7, 11) is 0. The van der Waals surface area contributed by atoms with E-state index in [-0.39, 0.29) is 24.0 Å². The topological polar surface area (TPSA) is 40.1 Å². The largest absolute Gasteiger partial charge is 0.377 e. The zero-order chi connectivity index (χ0) is 17.3. The van der Waals surface area contributed by atoms with Crippen LogP contribution in [-0.4, -0.2) is 63.3 Å². The van der Waals surface area contributed by atoms with Crippen LogP contribution in [0.25, 0.3) is 0 Å². The maximum atomic E-state index is 5.37. The van der Waals surface area contributed by atoms with E-state index in [1.54, 1.807) is 0 Å². The number of nitrogens with one attached hydrogen (secondary N) is 1.